The monoisotopic (exact) mass is 447 g/mol. The summed E-state index contributed by atoms with van der Waals surface area (Å²) in [4.78, 5) is 21.9. The van der Waals surface area contributed by atoms with Crippen molar-refractivity contribution in [1.82, 2.24) is 14.8 Å². The minimum absolute atomic E-state index is 0.00635. The minimum Gasteiger partial charge on any atom is -0.492 e. The van der Waals surface area contributed by atoms with Crippen LogP contribution in [0, 0.1) is 11.8 Å². The first-order valence-corrected chi connectivity index (χ1v) is 12.7. The lowest BCUT2D eigenvalue weighted by Crippen LogP contribution is -2.41. The molecule has 2 fully saturated rings. The van der Waals surface area contributed by atoms with Gasteiger partial charge in [0.2, 0.25) is 0 Å². The van der Waals surface area contributed by atoms with Gasteiger partial charge in [-0.05, 0) is 98.7 Å². The number of likely N-dealkylation sites (N-methyl/N-ethyl adjacent to an activating group) is 1. The molecule has 0 spiro atoms. The highest BCUT2D eigenvalue weighted by atomic mass is 16.5. The van der Waals surface area contributed by atoms with E-state index >= 15 is 0 Å². The van der Waals surface area contributed by atoms with Gasteiger partial charge in [-0.1, -0.05) is 25.1 Å². The van der Waals surface area contributed by atoms with E-state index in [0.29, 0.717) is 11.6 Å². The third-order valence-corrected chi connectivity index (χ3v) is 7.76. The zero-order valence-electron chi connectivity index (χ0n) is 20.1. The maximum atomic E-state index is 13.1. The number of hydrogen-bond donors (Lipinski definition) is 0. The minimum atomic E-state index is -0.00635. The smallest absolute Gasteiger partial charge is 0.272 e. The van der Waals surface area contributed by atoms with Crippen molar-refractivity contribution in [2.75, 3.05) is 26.7 Å². The molecule has 33 heavy (non-hydrogen) atoms. The molecule has 5 nitrogen and oxygen atoms in total. The van der Waals surface area contributed by atoms with E-state index in [2.05, 4.69) is 35.0 Å². The third-order valence-electron chi connectivity index (χ3n) is 7.76. The van der Waals surface area contributed by atoms with E-state index in [1.165, 1.54) is 55.5 Å². The van der Waals surface area contributed by atoms with Crippen molar-refractivity contribution in [2.24, 2.45) is 11.8 Å². The molecule has 176 valence electrons. The fourth-order valence-electron chi connectivity index (χ4n) is 5.13. The third kappa shape index (κ3) is 5.57. The van der Waals surface area contributed by atoms with Crippen LogP contribution in [0.2, 0.25) is 0 Å². The van der Waals surface area contributed by atoms with Crippen molar-refractivity contribution >= 4 is 5.91 Å². The SMILES string of the molecule is CC1CCN(Cc2ccc3c(c2)CCC(N(C)C(=O)c2ccc(OCC4CC4)cn2)C3)CC1. The van der Waals surface area contributed by atoms with Crippen LogP contribution in [0.1, 0.15) is 66.2 Å². The topological polar surface area (TPSA) is 45.7 Å². The molecule has 1 atom stereocenters. The molecule has 2 aromatic rings. The van der Waals surface area contributed by atoms with E-state index in [-0.39, 0.29) is 11.9 Å². The molecular formula is C28H37N3O2. The first-order chi connectivity index (χ1) is 16.0. The number of fused-ring (bicyclic) bond motifs is 1. The maximum Gasteiger partial charge on any atom is 0.272 e. The number of pyridine rings is 1. The second-order valence-corrected chi connectivity index (χ2v) is 10.5. The number of ether oxygens (including phenoxy) is 1. The molecule has 0 N–H and O–H groups in total. The van der Waals surface area contributed by atoms with Crippen LogP contribution in [-0.4, -0.2) is 53.5 Å². The van der Waals surface area contributed by atoms with Crippen LogP contribution in [0.15, 0.2) is 36.5 Å². The molecule has 0 bridgehead atoms. The van der Waals surface area contributed by atoms with E-state index in [0.717, 1.165) is 44.1 Å². The number of likely N-dealkylation sites (tertiary alicyclic amines) is 1. The van der Waals surface area contributed by atoms with E-state index in [4.69, 9.17) is 4.74 Å². The van der Waals surface area contributed by atoms with Crippen LogP contribution in [-0.2, 0) is 19.4 Å². The van der Waals surface area contributed by atoms with Gasteiger partial charge in [-0.15, -0.1) is 0 Å². The molecule has 2 aliphatic carbocycles. The van der Waals surface area contributed by atoms with E-state index < -0.39 is 0 Å². The molecule has 5 heteroatoms. The number of aryl methyl sites for hydroxylation is 1. The fraction of sp³-hybridized carbons (Fsp3) is 0.571. The Hall–Kier alpha value is -2.40. The number of carbonyl (C=O) groups is 1. The quantitative estimate of drug-likeness (QED) is 0.616. The Labute approximate surface area is 198 Å². The van der Waals surface area contributed by atoms with Crippen molar-refractivity contribution in [3.63, 3.8) is 0 Å². The summed E-state index contributed by atoms with van der Waals surface area (Å²) in [6, 6.07) is 10.9. The Bertz CT molecular complexity index is 962. The van der Waals surface area contributed by atoms with Gasteiger partial charge in [0, 0.05) is 19.6 Å². The standard InChI is InChI=1S/C28H37N3O2/c1-20-11-13-31(14-12-20)18-22-5-6-24-16-25(8-7-23(24)15-22)30(2)28(32)27-10-9-26(17-29-27)33-19-21-3-4-21/h5-6,9-10,15,17,20-21,25H,3-4,7-8,11-14,16,18-19H2,1-2H3. The van der Waals surface area contributed by atoms with Gasteiger partial charge in [-0.25, -0.2) is 4.98 Å². The zero-order valence-corrected chi connectivity index (χ0v) is 20.1. The Morgan fingerprint density at radius 3 is 2.64 bits per heavy atom. The van der Waals surface area contributed by atoms with Gasteiger partial charge in [-0.3, -0.25) is 9.69 Å². The molecule has 1 aromatic carbocycles. The first kappa shape index (κ1) is 22.4. The molecule has 3 aliphatic rings. The van der Waals surface area contributed by atoms with Gasteiger partial charge in [0.15, 0.2) is 0 Å². The molecule has 1 unspecified atom stereocenters. The normalized spacial score (nSPS) is 21.5. The van der Waals surface area contributed by atoms with E-state index in [9.17, 15) is 4.79 Å². The van der Waals surface area contributed by atoms with Crippen LogP contribution in [0.25, 0.3) is 0 Å². The summed E-state index contributed by atoms with van der Waals surface area (Å²) in [6.07, 6.45) is 9.80. The molecule has 1 aliphatic heterocycles. The summed E-state index contributed by atoms with van der Waals surface area (Å²) >= 11 is 0. The van der Waals surface area contributed by atoms with Crippen LogP contribution in [0.3, 0.4) is 0 Å². The van der Waals surface area contributed by atoms with E-state index in [1.54, 1.807) is 12.3 Å². The summed E-state index contributed by atoms with van der Waals surface area (Å²) in [5.41, 5.74) is 4.77. The van der Waals surface area contributed by atoms with Crippen LogP contribution in [0.4, 0.5) is 0 Å². The Morgan fingerprint density at radius 1 is 1.09 bits per heavy atom. The van der Waals surface area contributed by atoms with Crippen molar-refractivity contribution < 1.29 is 9.53 Å². The van der Waals surface area contributed by atoms with Crippen LogP contribution >= 0.6 is 0 Å². The molecule has 1 saturated heterocycles. The van der Waals surface area contributed by atoms with E-state index in [1.807, 2.05) is 18.0 Å². The number of piperidine rings is 1. The summed E-state index contributed by atoms with van der Waals surface area (Å²) in [5.74, 6) is 2.32. The predicted molar refractivity (Wildman–Crippen MR) is 130 cm³/mol. The van der Waals surface area contributed by atoms with Gasteiger partial charge in [-0.2, -0.15) is 0 Å². The molecule has 1 amide bonds. The largest absolute Gasteiger partial charge is 0.492 e. The molecule has 2 heterocycles. The Morgan fingerprint density at radius 2 is 1.91 bits per heavy atom. The number of aromatic nitrogens is 1. The lowest BCUT2D eigenvalue weighted by atomic mass is 9.86. The Kier molecular flexibility index (Phi) is 6.68. The van der Waals surface area contributed by atoms with Crippen molar-refractivity contribution in [3.8, 4) is 5.75 Å². The van der Waals surface area contributed by atoms with Gasteiger partial charge >= 0.3 is 0 Å². The van der Waals surface area contributed by atoms with Crippen molar-refractivity contribution in [1.29, 1.82) is 0 Å². The lowest BCUT2D eigenvalue weighted by molar-refractivity contribution is 0.0712. The van der Waals surface area contributed by atoms with Crippen molar-refractivity contribution in [3.05, 3.63) is 58.9 Å². The second kappa shape index (κ2) is 9.84. The first-order valence-electron chi connectivity index (χ1n) is 12.7. The van der Waals surface area contributed by atoms with Gasteiger partial charge < -0.3 is 9.64 Å². The number of nitrogens with zero attached hydrogens (tertiary/aromatic N) is 3. The average molecular weight is 448 g/mol. The van der Waals surface area contributed by atoms with Gasteiger partial charge in [0.1, 0.15) is 11.4 Å². The molecule has 0 radical (unpaired) electrons. The number of rotatable bonds is 7. The fourth-order valence-corrected chi connectivity index (χ4v) is 5.13. The molecule has 1 saturated carbocycles. The number of amides is 1. The highest BCUT2D eigenvalue weighted by Gasteiger charge is 2.27. The predicted octanol–water partition coefficient (Wildman–Crippen LogP) is 4.73. The lowest BCUT2D eigenvalue weighted by Gasteiger charge is -2.33. The number of carbonyl (C=O) groups excluding carboxylic acids is 1. The highest BCUT2D eigenvalue weighted by Crippen LogP contribution is 2.30. The number of benzene rings is 1. The maximum absolute atomic E-state index is 13.1. The second-order valence-electron chi connectivity index (χ2n) is 10.5. The summed E-state index contributed by atoms with van der Waals surface area (Å²) in [5, 5.41) is 0. The highest BCUT2D eigenvalue weighted by molar-refractivity contribution is 5.92. The molecule has 5 rings (SSSR count). The summed E-state index contributed by atoms with van der Waals surface area (Å²) < 4.78 is 5.75. The summed E-state index contributed by atoms with van der Waals surface area (Å²) in [6.45, 7) is 6.62. The van der Waals surface area contributed by atoms with Crippen LogP contribution in [0.5, 0.6) is 5.75 Å². The molecular weight excluding hydrogens is 410 g/mol. The van der Waals surface area contributed by atoms with Crippen molar-refractivity contribution in [2.45, 2.75) is 64.5 Å². The molecule has 1 aromatic heterocycles. The van der Waals surface area contributed by atoms with Crippen LogP contribution < -0.4 is 4.74 Å². The zero-order chi connectivity index (χ0) is 22.8. The number of hydrogen-bond acceptors (Lipinski definition) is 4. The van der Waals surface area contributed by atoms with Gasteiger partial charge in [0.25, 0.3) is 5.91 Å². The summed E-state index contributed by atoms with van der Waals surface area (Å²) in [7, 11) is 1.92. The Balaban J connectivity index is 1.17. The van der Waals surface area contributed by atoms with Gasteiger partial charge in [0.05, 0.1) is 12.8 Å². The average Bonchev–Trinajstić information content (AvgIpc) is 3.68.